The molecule has 164 valence electrons. The zero-order chi connectivity index (χ0) is 22.9. The number of phosphoric ester groups is 1. The van der Waals surface area contributed by atoms with E-state index in [-0.39, 0.29) is 22.6 Å². The van der Waals surface area contributed by atoms with Gasteiger partial charge in [0.2, 0.25) is 5.79 Å². The van der Waals surface area contributed by atoms with Gasteiger partial charge >= 0.3 is 7.82 Å². The minimum Gasteiger partial charge on any atom is -0.394 e. The average molecular weight is 434 g/mol. The van der Waals surface area contributed by atoms with Gasteiger partial charge in [-0.3, -0.25) is 4.89 Å². The van der Waals surface area contributed by atoms with Crippen molar-refractivity contribution >= 4 is 7.82 Å². The summed E-state index contributed by atoms with van der Waals surface area (Å²) in [7, 11) is -4.62. The van der Waals surface area contributed by atoms with Gasteiger partial charge in [0.15, 0.2) is 0 Å². The highest BCUT2D eigenvalue weighted by Crippen LogP contribution is 2.56. The summed E-state index contributed by atoms with van der Waals surface area (Å²) in [6, 6.07) is 6.76. The summed E-state index contributed by atoms with van der Waals surface area (Å²) in [6.07, 6.45) is 0. The van der Waals surface area contributed by atoms with Gasteiger partial charge in [0, 0.05) is 11.1 Å². The van der Waals surface area contributed by atoms with E-state index < -0.39 is 24.4 Å². The Morgan fingerprint density at radius 1 is 0.767 bits per heavy atom. The fourth-order valence-corrected chi connectivity index (χ4v) is 4.66. The molecule has 0 radical (unpaired) electrons. The fraction of sp³-hybridized carbons (Fsp3) is 0.478. The number of phosphoric acid groups is 1. The van der Waals surface area contributed by atoms with Crippen LogP contribution in [0, 0.1) is 13.8 Å². The molecular weight excluding hydrogens is 403 g/mol. The van der Waals surface area contributed by atoms with Crippen molar-refractivity contribution in [3.8, 4) is 11.5 Å². The number of fused-ring (bicyclic) bond motifs is 2. The van der Waals surface area contributed by atoms with Crippen molar-refractivity contribution in [3.05, 3.63) is 57.6 Å². The molecule has 3 rings (SSSR count). The second kappa shape index (κ2) is 6.83. The molecule has 1 aliphatic rings. The van der Waals surface area contributed by atoms with E-state index in [4.69, 9.17) is 9.05 Å². The van der Waals surface area contributed by atoms with Gasteiger partial charge < -0.3 is 19.3 Å². The predicted molar refractivity (Wildman–Crippen MR) is 116 cm³/mol. The van der Waals surface area contributed by atoms with Crippen molar-refractivity contribution in [2.24, 2.45) is 0 Å². The van der Waals surface area contributed by atoms with Crippen LogP contribution in [0.1, 0.15) is 74.9 Å². The SMILES string of the molecule is Cc1cc(C(C)(C)C)c2c(c1)C(O)(O)c1cc(C)cc(C(C)(C)C)c1OP(=O)(O)O2. The Kier molecular flexibility index (Phi) is 5.19. The Bertz CT molecular complexity index is 977. The normalized spacial score (nSPS) is 17.7. The molecule has 30 heavy (non-hydrogen) atoms. The van der Waals surface area contributed by atoms with Gasteiger partial charge in [-0.05, 0) is 36.8 Å². The third-order valence-electron chi connectivity index (χ3n) is 5.25. The third kappa shape index (κ3) is 4.02. The van der Waals surface area contributed by atoms with Crippen molar-refractivity contribution in [1.29, 1.82) is 0 Å². The maximum Gasteiger partial charge on any atom is 0.584 e. The van der Waals surface area contributed by atoms with Crippen LogP contribution in [0.3, 0.4) is 0 Å². The molecule has 1 heterocycles. The van der Waals surface area contributed by atoms with Gasteiger partial charge in [-0.25, -0.2) is 4.57 Å². The summed E-state index contributed by atoms with van der Waals surface area (Å²) in [6.45, 7) is 15.2. The molecule has 0 aliphatic carbocycles. The molecule has 0 saturated heterocycles. The standard InChI is InChI=1S/C23H31O6P/c1-13-9-15(21(3,4)5)19-17(11-13)23(24,25)18-12-14(2)10-16(22(6,7)8)20(18)29-30(26,27)28-19/h9-12,24-25H,1-8H3,(H,26,27). The van der Waals surface area contributed by atoms with Gasteiger partial charge in [-0.15, -0.1) is 0 Å². The molecule has 0 bridgehead atoms. The summed E-state index contributed by atoms with van der Waals surface area (Å²) in [5.74, 6) is -2.59. The number of aryl methyl sites for hydroxylation is 2. The van der Waals surface area contributed by atoms with Crippen LogP contribution in [0.5, 0.6) is 11.5 Å². The largest absolute Gasteiger partial charge is 0.584 e. The third-order valence-corrected chi connectivity index (χ3v) is 6.07. The number of hydrogen-bond acceptors (Lipinski definition) is 5. The van der Waals surface area contributed by atoms with Crippen LogP contribution in [-0.4, -0.2) is 15.1 Å². The Balaban J connectivity index is 2.49. The summed E-state index contributed by atoms with van der Waals surface area (Å²) >= 11 is 0. The minimum atomic E-state index is -4.62. The van der Waals surface area contributed by atoms with E-state index in [1.165, 1.54) is 0 Å². The molecule has 3 N–H and O–H groups in total. The second-order valence-corrected chi connectivity index (χ2v) is 11.5. The highest BCUT2D eigenvalue weighted by Gasteiger charge is 2.45. The first kappa shape index (κ1) is 22.8. The summed E-state index contributed by atoms with van der Waals surface area (Å²) in [5, 5.41) is 22.8. The van der Waals surface area contributed by atoms with Gasteiger partial charge in [0.25, 0.3) is 0 Å². The van der Waals surface area contributed by atoms with Crippen LogP contribution in [0.2, 0.25) is 0 Å². The molecule has 0 amide bonds. The monoisotopic (exact) mass is 434 g/mol. The van der Waals surface area contributed by atoms with Crippen LogP contribution in [0.25, 0.3) is 0 Å². The zero-order valence-corrected chi connectivity index (χ0v) is 19.7. The fourth-order valence-electron chi connectivity index (χ4n) is 3.77. The zero-order valence-electron chi connectivity index (χ0n) is 18.8. The highest BCUT2D eigenvalue weighted by atomic mass is 31.2. The van der Waals surface area contributed by atoms with Crippen molar-refractivity contribution in [3.63, 3.8) is 0 Å². The molecule has 2 aromatic carbocycles. The Morgan fingerprint density at radius 3 is 1.40 bits per heavy atom. The molecule has 7 heteroatoms. The molecule has 1 aliphatic heterocycles. The molecule has 6 nitrogen and oxygen atoms in total. The van der Waals surface area contributed by atoms with Gasteiger partial charge in [-0.1, -0.05) is 64.8 Å². The first-order valence-electron chi connectivity index (χ1n) is 9.91. The minimum absolute atomic E-state index is 0.0108. The number of aliphatic hydroxyl groups is 2. The van der Waals surface area contributed by atoms with Crippen LogP contribution in [-0.2, 0) is 21.2 Å². The van der Waals surface area contributed by atoms with Gasteiger partial charge in [0.1, 0.15) is 11.5 Å². The van der Waals surface area contributed by atoms with Crippen LogP contribution < -0.4 is 9.05 Å². The molecule has 2 aromatic rings. The first-order valence-corrected chi connectivity index (χ1v) is 11.4. The molecule has 0 spiro atoms. The van der Waals surface area contributed by atoms with E-state index in [1.54, 1.807) is 12.1 Å². The highest BCUT2D eigenvalue weighted by molar-refractivity contribution is 7.48. The second-order valence-electron chi connectivity index (χ2n) is 10.2. The van der Waals surface area contributed by atoms with Crippen molar-refractivity contribution in [1.82, 2.24) is 0 Å². The van der Waals surface area contributed by atoms with E-state index in [1.807, 2.05) is 67.5 Å². The lowest BCUT2D eigenvalue weighted by atomic mass is 9.80. The summed E-state index contributed by atoms with van der Waals surface area (Å²) in [4.78, 5) is 10.6. The molecule has 0 unspecified atom stereocenters. The first-order chi connectivity index (χ1) is 13.4. The van der Waals surface area contributed by atoms with Crippen molar-refractivity contribution in [2.45, 2.75) is 72.0 Å². The van der Waals surface area contributed by atoms with Crippen molar-refractivity contribution in [2.75, 3.05) is 0 Å². The Morgan fingerprint density at radius 2 is 1.10 bits per heavy atom. The number of rotatable bonds is 0. The Hall–Kier alpha value is -1.85. The molecule has 0 aromatic heterocycles. The van der Waals surface area contributed by atoms with Crippen LogP contribution in [0.4, 0.5) is 0 Å². The lowest BCUT2D eigenvalue weighted by Gasteiger charge is -2.36. The van der Waals surface area contributed by atoms with Gasteiger partial charge in [0.05, 0.1) is 11.1 Å². The van der Waals surface area contributed by atoms with Crippen molar-refractivity contribution < 1.29 is 28.7 Å². The van der Waals surface area contributed by atoms with Crippen LogP contribution >= 0.6 is 7.82 Å². The maximum absolute atomic E-state index is 13.0. The molecule has 0 saturated carbocycles. The summed E-state index contributed by atoms with van der Waals surface area (Å²) < 4.78 is 24.0. The van der Waals surface area contributed by atoms with Gasteiger partial charge in [-0.2, -0.15) is 0 Å². The maximum atomic E-state index is 13.0. The number of benzene rings is 2. The summed E-state index contributed by atoms with van der Waals surface area (Å²) in [5.41, 5.74) is 1.75. The van der Waals surface area contributed by atoms with E-state index in [0.717, 1.165) is 11.1 Å². The lowest BCUT2D eigenvalue weighted by molar-refractivity contribution is -0.134. The Labute approximate surface area is 178 Å². The topological polar surface area (TPSA) is 96.2 Å². The number of hydrogen-bond donors (Lipinski definition) is 3. The molecular formula is C23H31O6P. The lowest BCUT2D eigenvalue weighted by Crippen LogP contribution is -2.32. The van der Waals surface area contributed by atoms with E-state index in [9.17, 15) is 19.7 Å². The van der Waals surface area contributed by atoms with E-state index in [2.05, 4.69) is 0 Å². The smallest absolute Gasteiger partial charge is 0.394 e. The average Bonchev–Trinajstić information content (AvgIpc) is 2.54. The quantitative estimate of drug-likeness (QED) is 0.401. The van der Waals surface area contributed by atoms with Crippen LogP contribution in [0.15, 0.2) is 24.3 Å². The van der Waals surface area contributed by atoms with E-state index in [0.29, 0.717) is 11.1 Å². The molecule has 0 atom stereocenters. The molecule has 0 fully saturated rings. The predicted octanol–water partition coefficient (Wildman–Crippen LogP) is 4.96. The van der Waals surface area contributed by atoms with E-state index >= 15 is 0 Å².